The van der Waals surface area contributed by atoms with Crippen LogP contribution >= 0.6 is 0 Å². The third-order valence-corrected chi connectivity index (χ3v) is 2.62. The quantitative estimate of drug-likeness (QED) is 0.624. The predicted octanol–water partition coefficient (Wildman–Crippen LogP) is 1.97. The maximum atomic E-state index is 5.51. The first kappa shape index (κ1) is 14.9. The van der Waals surface area contributed by atoms with Crippen molar-refractivity contribution in [3.05, 3.63) is 5.89 Å². The monoisotopic (exact) mass is 256 g/mol. The molecule has 6 nitrogen and oxygen atoms in total. The van der Waals surface area contributed by atoms with E-state index < -0.39 is 0 Å². The van der Waals surface area contributed by atoms with Gasteiger partial charge in [-0.2, -0.15) is 0 Å². The molecule has 0 bridgehead atoms. The Morgan fingerprint density at radius 1 is 1.28 bits per heavy atom. The summed E-state index contributed by atoms with van der Waals surface area (Å²) in [5.74, 6) is 0.624. The molecule has 18 heavy (non-hydrogen) atoms. The first-order valence-corrected chi connectivity index (χ1v) is 6.57. The summed E-state index contributed by atoms with van der Waals surface area (Å²) in [6.07, 6.45) is 3.30. The zero-order valence-electron chi connectivity index (χ0n) is 11.5. The fourth-order valence-electron chi connectivity index (χ4n) is 1.62. The smallest absolute Gasteiger partial charge is 0.315 e. The lowest BCUT2D eigenvalue weighted by atomic mass is 10.2. The second kappa shape index (κ2) is 8.88. The van der Waals surface area contributed by atoms with Gasteiger partial charge in [0.05, 0.1) is 6.04 Å². The molecule has 1 aromatic rings. The highest BCUT2D eigenvalue weighted by Gasteiger charge is 2.11. The van der Waals surface area contributed by atoms with Crippen LogP contribution in [0.15, 0.2) is 4.42 Å². The average molecular weight is 256 g/mol. The number of ether oxygens (including phenoxy) is 1. The van der Waals surface area contributed by atoms with Crippen molar-refractivity contribution < 1.29 is 9.15 Å². The molecule has 1 heterocycles. The van der Waals surface area contributed by atoms with E-state index in [2.05, 4.69) is 20.8 Å². The topological polar surface area (TPSA) is 72.2 Å². The molecule has 0 aromatic carbocycles. The Labute approximate surface area is 108 Å². The van der Waals surface area contributed by atoms with E-state index >= 15 is 0 Å². The number of methoxy groups -OCH3 is 1. The first-order chi connectivity index (χ1) is 8.77. The van der Waals surface area contributed by atoms with E-state index in [1.165, 1.54) is 0 Å². The molecule has 0 saturated heterocycles. The van der Waals surface area contributed by atoms with Crippen LogP contribution in [-0.4, -0.2) is 37.0 Å². The summed E-state index contributed by atoms with van der Waals surface area (Å²) in [6, 6.07) is 0.598. The third kappa shape index (κ3) is 5.46. The van der Waals surface area contributed by atoms with Crippen LogP contribution in [0, 0.1) is 0 Å². The molecular weight excluding hydrogens is 232 g/mol. The van der Waals surface area contributed by atoms with Gasteiger partial charge in [-0.05, 0) is 32.7 Å². The molecular formula is C12H24N4O2. The van der Waals surface area contributed by atoms with Crippen molar-refractivity contribution in [2.45, 2.75) is 39.2 Å². The van der Waals surface area contributed by atoms with Gasteiger partial charge in [-0.25, -0.2) is 0 Å². The number of nitrogens with zero attached hydrogens (tertiary/aromatic N) is 2. The SMILES string of the molecule is CCNC(C)c1nnc(NCCCCCOC)o1. The molecule has 1 rings (SSSR count). The van der Waals surface area contributed by atoms with Gasteiger partial charge in [0.25, 0.3) is 0 Å². The Hall–Kier alpha value is -1.14. The zero-order chi connectivity index (χ0) is 13.2. The molecule has 104 valence electrons. The molecule has 0 amide bonds. The van der Waals surface area contributed by atoms with Crippen LogP contribution in [0.1, 0.15) is 45.0 Å². The fraction of sp³-hybridized carbons (Fsp3) is 0.833. The van der Waals surface area contributed by atoms with Crippen LogP contribution in [-0.2, 0) is 4.74 Å². The Balaban J connectivity index is 2.19. The van der Waals surface area contributed by atoms with Crippen LogP contribution in [0.2, 0.25) is 0 Å². The van der Waals surface area contributed by atoms with Crippen molar-refractivity contribution in [3.63, 3.8) is 0 Å². The zero-order valence-corrected chi connectivity index (χ0v) is 11.5. The van der Waals surface area contributed by atoms with Crippen molar-refractivity contribution in [2.24, 2.45) is 0 Å². The molecule has 0 spiro atoms. The van der Waals surface area contributed by atoms with E-state index in [9.17, 15) is 0 Å². The standard InChI is InChI=1S/C12H24N4O2/c1-4-13-10(2)11-15-16-12(18-11)14-8-6-5-7-9-17-3/h10,13H,4-9H2,1-3H3,(H,14,16). The molecule has 0 aliphatic rings. The second-order valence-electron chi connectivity index (χ2n) is 4.21. The third-order valence-electron chi connectivity index (χ3n) is 2.62. The maximum absolute atomic E-state index is 5.51. The Bertz CT molecular complexity index is 317. The summed E-state index contributed by atoms with van der Waals surface area (Å²) in [5.41, 5.74) is 0. The van der Waals surface area contributed by atoms with Crippen molar-refractivity contribution >= 4 is 6.01 Å². The molecule has 6 heteroatoms. The Kier molecular flexibility index (Phi) is 7.36. The minimum Gasteiger partial charge on any atom is -0.406 e. The van der Waals surface area contributed by atoms with Gasteiger partial charge in [0.15, 0.2) is 0 Å². The molecule has 0 aliphatic carbocycles. The van der Waals surface area contributed by atoms with Crippen molar-refractivity contribution in [3.8, 4) is 0 Å². The second-order valence-corrected chi connectivity index (χ2v) is 4.21. The molecule has 1 unspecified atom stereocenters. The van der Waals surface area contributed by atoms with Crippen LogP contribution in [0.3, 0.4) is 0 Å². The summed E-state index contributed by atoms with van der Waals surface area (Å²) in [5, 5.41) is 14.3. The van der Waals surface area contributed by atoms with E-state index in [0.29, 0.717) is 11.9 Å². The van der Waals surface area contributed by atoms with Crippen LogP contribution in [0.4, 0.5) is 6.01 Å². The molecule has 0 aliphatic heterocycles. The summed E-state index contributed by atoms with van der Waals surface area (Å²) < 4.78 is 10.5. The van der Waals surface area contributed by atoms with Crippen LogP contribution in [0.5, 0.6) is 0 Å². The number of rotatable bonds is 10. The number of nitrogens with one attached hydrogen (secondary N) is 2. The average Bonchev–Trinajstić information content (AvgIpc) is 2.83. The number of hydrogen-bond donors (Lipinski definition) is 2. The van der Waals surface area contributed by atoms with Gasteiger partial charge in [-0.15, -0.1) is 5.10 Å². The first-order valence-electron chi connectivity index (χ1n) is 6.57. The Morgan fingerprint density at radius 3 is 2.83 bits per heavy atom. The number of anilines is 1. The van der Waals surface area contributed by atoms with Crippen molar-refractivity contribution in [1.82, 2.24) is 15.5 Å². The van der Waals surface area contributed by atoms with Gasteiger partial charge >= 0.3 is 6.01 Å². The van der Waals surface area contributed by atoms with E-state index in [1.54, 1.807) is 7.11 Å². The molecule has 0 saturated carbocycles. The van der Waals surface area contributed by atoms with Crippen molar-refractivity contribution in [2.75, 3.05) is 32.1 Å². The summed E-state index contributed by atoms with van der Waals surface area (Å²) in [6.45, 7) is 6.61. The predicted molar refractivity (Wildman–Crippen MR) is 70.6 cm³/mol. The lowest BCUT2D eigenvalue weighted by molar-refractivity contribution is 0.192. The lowest BCUT2D eigenvalue weighted by Crippen LogP contribution is -2.17. The van der Waals surface area contributed by atoms with Gasteiger partial charge in [0.1, 0.15) is 0 Å². The Morgan fingerprint density at radius 2 is 2.11 bits per heavy atom. The largest absolute Gasteiger partial charge is 0.406 e. The molecule has 0 radical (unpaired) electrons. The van der Waals surface area contributed by atoms with Crippen molar-refractivity contribution in [1.29, 1.82) is 0 Å². The molecule has 0 fully saturated rings. The molecule has 1 aromatic heterocycles. The molecule has 2 N–H and O–H groups in total. The van der Waals surface area contributed by atoms with Gasteiger partial charge in [-0.1, -0.05) is 12.0 Å². The normalized spacial score (nSPS) is 12.6. The highest BCUT2D eigenvalue weighted by Crippen LogP contribution is 2.13. The highest BCUT2D eigenvalue weighted by atomic mass is 16.5. The number of hydrogen-bond acceptors (Lipinski definition) is 6. The van der Waals surface area contributed by atoms with Gasteiger partial charge in [0.2, 0.25) is 5.89 Å². The minimum atomic E-state index is 0.0970. The minimum absolute atomic E-state index is 0.0970. The fourth-order valence-corrected chi connectivity index (χ4v) is 1.62. The lowest BCUT2D eigenvalue weighted by Gasteiger charge is -2.06. The van der Waals surface area contributed by atoms with E-state index in [4.69, 9.17) is 9.15 Å². The van der Waals surface area contributed by atoms with Gasteiger partial charge in [-0.3, -0.25) is 0 Å². The highest BCUT2D eigenvalue weighted by molar-refractivity contribution is 5.16. The van der Waals surface area contributed by atoms with E-state index in [1.807, 2.05) is 13.8 Å². The van der Waals surface area contributed by atoms with Gasteiger partial charge < -0.3 is 19.8 Å². The molecule has 1 atom stereocenters. The maximum Gasteiger partial charge on any atom is 0.315 e. The summed E-state index contributed by atoms with van der Waals surface area (Å²) >= 11 is 0. The van der Waals surface area contributed by atoms with Crippen LogP contribution in [0.25, 0.3) is 0 Å². The summed E-state index contributed by atoms with van der Waals surface area (Å²) in [4.78, 5) is 0. The van der Waals surface area contributed by atoms with Crippen LogP contribution < -0.4 is 10.6 Å². The number of unbranched alkanes of at least 4 members (excludes halogenated alkanes) is 2. The number of aromatic nitrogens is 2. The van der Waals surface area contributed by atoms with E-state index in [0.717, 1.165) is 39.0 Å². The summed E-state index contributed by atoms with van der Waals surface area (Å²) in [7, 11) is 1.73. The van der Waals surface area contributed by atoms with Gasteiger partial charge in [0, 0.05) is 20.3 Å². The van der Waals surface area contributed by atoms with E-state index in [-0.39, 0.29) is 6.04 Å².